The number of hydrogen-bond donors (Lipinski definition) is 2. The van der Waals surface area contributed by atoms with E-state index in [0.717, 1.165) is 4.90 Å². The zero-order chi connectivity index (χ0) is 18.4. The van der Waals surface area contributed by atoms with Gasteiger partial charge in [-0.2, -0.15) is 0 Å². The number of rotatable bonds is 6. The fourth-order valence-corrected chi connectivity index (χ4v) is 2.63. The summed E-state index contributed by atoms with van der Waals surface area (Å²) in [7, 11) is 1.23. The van der Waals surface area contributed by atoms with Crippen molar-refractivity contribution < 1.29 is 24.5 Å². The number of aromatic nitrogens is 1. The monoisotopic (exact) mass is 344 g/mol. The Hall–Kier alpha value is -3.09. The van der Waals surface area contributed by atoms with E-state index in [4.69, 9.17) is 4.74 Å². The van der Waals surface area contributed by atoms with Crippen molar-refractivity contribution in [2.75, 3.05) is 7.11 Å². The Morgan fingerprint density at radius 3 is 2.24 bits per heavy atom. The summed E-state index contributed by atoms with van der Waals surface area (Å²) in [5.74, 6) is -0.563. The van der Waals surface area contributed by atoms with Crippen molar-refractivity contribution in [2.24, 2.45) is 0 Å². The highest BCUT2D eigenvalue weighted by Crippen LogP contribution is 2.26. The quantitative estimate of drug-likeness (QED) is 0.781. The summed E-state index contributed by atoms with van der Waals surface area (Å²) in [4.78, 5) is 29.3. The van der Waals surface area contributed by atoms with Crippen LogP contribution in [-0.2, 0) is 22.5 Å². The average molecular weight is 344 g/mol. The smallest absolute Gasteiger partial charge is 0.408 e. The number of carboxylic acid groups (broad SMARTS) is 1. The number of carbonyl (C=O) groups is 2. The molecule has 0 saturated heterocycles. The van der Waals surface area contributed by atoms with Crippen LogP contribution in [0.1, 0.15) is 18.1 Å². The number of phenolic OH excluding ortho intramolecular Hbond substituents is 1. The molecule has 0 aliphatic rings. The predicted molar refractivity (Wildman–Crippen MR) is 90.0 cm³/mol. The molecule has 25 heavy (non-hydrogen) atoms. The van der Waals surface area contributed by atoms with Crippen molar-refractivity contribution in [3.63, 3.8) is 0 Å². The number of phenols is 1. The third-order valence-corrected chi connectivity index (χ3v) is 4.03. The molecule has 132 valence electrons. The fraction of sp³-hybridized carbons (Fsp3) is 0.278. The van der Waals surface area contributed by atoms with Gasteiger partial charge in [-0.1, -0.05) is 12.1 Å². The topological polar surface area (TPSA) is 100.0 Å². The number of hydrogen-bond acceptors (Lipinski definition) is 5. The molecule has 2 N–H and O–H groups in total. The Bertz CT molecular complexity index is 733. The fourth-order valence-electron chi connectivity index (χ4n) is 2.63. The maximum atomic E-state index is 12.5. The molecule has 7 nitrogen and oxygen atoms in total. The third kappa shape index (κ3) is 4.26. The maximum Gasteiger partial charge on any atom is 0.408 e. The average Bonchev–Trinajstić information content (AvgIpc) is 2.61. The van der Waals surface area contributed by atoms with E-state index in [2.05, 4.69) is 4.98 Å². The van der Waals surface area contributed by atoms with Crippen molar-refractivity contribution in [3.8, 4) is 5.75 Å². The van der Waals surface area contributed by atoms with Crippen LogP contribution in [0.25, 0.3) is 0 Å². The van der Waals surface area contributed by atoms with Gasteiger partial charge in [-0.05, 0) is 42.3 Å². The van der Waals surface area contributed by atoms with Crippen LogP contribution >= 0.6 is 0 Å². The molecule has 0 aliphatic heterocycles. The predicted octanol–water partition coefficient (Wildman–Crippen LogP) is 2.44. The highest BCUT2D eigenvalue weighted by Gasteiger charge is 2.43. The third-order valence-electron chi connectivity index (χ3n) is 4.03. The zero-order valence-electron chi connectivity index (χ0n) is 14.0. The first-order valence-electron chi connectivity index (χ1n) is 7.62. The van der Waals surface area contributed by atoms with Crippen molar-refractivity contribution >= 4 is 12.1 Å². The first kappa shape index (κ1) is 18.3. The lowest BCUT2D eigenvalue weighted by atomic mass is 9.90. The van der Waals surface area contributed by atoms with E-state index in [1.54, 1.807) is 36.7 Å². The second-order valence-corrected chi connectivity index (χ2v) is 5.83. The van der Waals surface area contributed by atoms with E-state index in [-0.39, 0.29) is 18.7 Å². The summed E-state index contributed by atoms with van der Waals surface area (Å²) in [6.07, 6.45) is 2.00. The van der Waals surface area contributed by atoms with Gasteiger partial charge in [0.2, 0.25) is 0 Å². The Morgan fingerprint density at radius 1 is 1.12 bits per heavy atom. The van der Waals surface area contributed by atoms with Crippen LogP contribution in [0, 0.1) is 0 Å². The van der Waals surface area contributed by atoms with Gasteiger partial charge in [-0.25, -0.2) is 9.59 Å². The minimum absolute atomic E-state index is 0.0154. The summed E-state index contributed by atoms with van der Waals surface area (Å²) in [5, 5.41) is 19.1. The molecule has 2 rings (SSSR count). The van der Waals surface area contributed by atoms with E-state index >= 15 is 0 Å². The van der Waals surface area contributed by atoms with Gasteiger partial charge in [0.1, 0.15) is 11.3 Å². The highest BCUT2D eigenvalue weighted by molar-refractivity contribution is 5.85. The molecular formula is C18H20N2O5. The van der Waals surface area contributed by atoms with Crippen molar-refractivity contribution in [1.29, 1.82) is 0 Å². The summed E-state index contributed by atoms with van der Waals surface area (Å²) >= 11 is 0. The van der Waals surface area contributed by atoms with Gasteiger partial charge in [0, 0.05) is 18.8 Å². The summed E-state index contributed by atoms with van der Waals surface area (Å²) < 4.78 is 4.87. The Morgan fingerprint density at radius 2 is 1.72 bits per heavy atom. The van der Waals surface area contributed by atoms with Gasteiger partial charge in [0.05, 0.1) is 13.7 Å². The molecule has 0 fully saturated rings. The van der Waals surface area contributed by atoms with Crippen LogP contribution in [0.3, 0.4) is 0 Å². The van der Waals surface area contributed by atoms with E-state index in [1.807, 2.05) is 0 Å². The first-order chi connectivity index (χ1) is 11.9. The number of nitrogens with zero attached hydrogens (tertiary/aromatic N) is 2. The lowest BCUT2D eigenvalue weighted by Crippen LogP contribution is -2.56. The van der Waals surface area contributed by atoms with Gasteiger partial charge in [0.25, 0.3) is 0 Å². The molecule has 0 aliphatic carbocycles. The normalized spacial score (nSPS) is 12.9. The van der Waals surface area contributed by atoms with Crippen LogP contribution in [0.4, 0.5) is 4.79 Å². The molecule has 1 heterocycles. The second kappa shape index (κ2) is 7.65. The van der Waals surface area contributed by atoms with Crippen molar-refractivity contribution in [2.45, 2.75) is 25.4 Å². The Balaban J connectivity index is 2.38. The van der Waals surface area contributed by atoms with Crippen LogP contribution in [0.15, 0.2) is 48.8 Å². The number of benzene rings is 1. The number of methoxy groups -OCH3 is 1. The molecule has 0 bridgehead atoms. The molecular weight excluding hydrogens is 324 g/mol. The Kier molecular flexibility index (Phi) is 5.59. The van der Waals surface area contributed by atoms with Gasteiger partial charge in [0.15, 0.2) is 0 Å². The number of amides is 1. The van der Waals surface area contributed by atoms with Gasteiger partial charge < -0.3 is 14.9 Å². The molecule has 1 unspecified atom stereocenters. The Labute approximate surface area is 145 Å². The van der Waals surface area contributed by atoms with E-state index < -0.39 is 17.6 Å². The van der Waals surface area contributed by atoms with Gasteiger partial charge in [-0.15, -0.1) is 0 Å². The molecule has 1 aromatic carbocycles. The largest absolute Gasteiger partial charge is 0.508 e. The molecule has 0 radical (unpaired) electrons. The standard InChI is InChI=1S/C18H20N2O5/c1-18(16(22)25-2,11-13-3-5-15(21)6-4-13)20(17(23)24)12-14-7-9-19-10-8-14/h3-10,21H,11-12H2,1-2H3,(H,23,24). The van der Waals surface area contributed by atoms with Crippen LogP contribution in [-0.4, -0.2) is 44.8 Å². The molecule has 7 heteroatoms. The minimum atomic E-state index is -1.43. The van der Waals surface area contributed by atoms with E-state index in [0.29, 0.717) is 11.1 Å². The van der Waals surface area contributed by atoms with E-state index in [9.17, 15) is 19.8 Å². The van der Waals surface area contributed by atoms with Crippen LogP contribution < -0.4 is 0 Å². The number of ether oxygens (including phenoxy) is 1. The highest BCUT2D eigenvalue weighted by atomic mass is 16.5. The lowest BCUT2D eigenvalue weighted by Gasteiger charge is -2.37. The minimum Gasteiger partial charge on any atom is -0.508 e. The number of esters is 1. The summed E-state index contributed by atoms with van der Waals surface area (Å²) in [6, 6.07) is 9.64. The first-order valence-corrected chi connectivity index (χ1v) is 7.62. The molecule has 0 saturated carbocycles. The molecule has 1 atom stereocenters. The summed E-state index contributed by atoms with van der Waals surface area (Å²) in [6.45, 7) is 1.54. The number of carbonyl (C=O) groups excluding carboxylic acids is 1. The SMILES string of the molecule is COC(=O)C(C)(Cc1ccc(O)cc1)N(Cc1ccncc1)C(=O)O. The molecule has 1 aromatic heterocycles. The number of pyridine rings is 1. The summed E-state index contributed by atoms with van der Waals surface area (Å²) in [5.41, 5.74) is -0.0224. The van der Waals surface area contributed by atoms with E-state index in [1.165, 1.54) is 26.2 Å². The molecule has 2 aromatic rings. The van der Waals surface area contributed by atoms with Gasteiger partial charge >= 0.3 is 12.1 Å². The lowest BCUT2D eigenvalue weighted by molar-refractivity contribution is -0.153. The zero-order valence-corrected chi connectivity index (χ0v) is 14.0. The van der Waals surface area contributed by atoms with Crippen LogP contribution in [0.2, 0.25) is 0 Å². The number of aromatic hydroxyl groups is 1. The molecule has 0 spiro atoms. The van der Waals surface area contributed by atoms with Crippen LogP contribution in [0.5, 0.6) is 5.75 Å². The van der Waals surface area contributed by atoms with Gasteiger partial charge in [-0.3, -0.25) is 9.88 Å². The maximum absolute atomic E-state index is 12.5. The molecule has 1 amide bonds. The second-order valence-electron chi connectivity index (χ2n) is 5.83. The van der Waals surface area contributed by atoms with Crippen molar-refractivity contribution in [1.82, 2.24) is 9.88 Å². The van der Waals surface area contributed by atoms with Crippen molar-refractivity contribution in [3.05, 3.63) is 59.9 Å².